The lowest BCUT2D eigenvalue weighted by Gasteiger charge is -2.15. The Kier molecular flexibility index (Phi) is 2.51. The first-order chi connectivity index (χ1) is 9.61. The molecule has 2 aromatic carbocycles. The van der Waals surface area contributed by atoms with E-state index in [1.165, 1.54) is 53.2 Å². The Morgan fingerprint density at radius 3 is 1.40 bits per heavy atom. The van der Waals surface area contributed by atoms with Crippen LogP contribution in [-0.4, -0.2) is 0 Å². The maximum absolute atomic E-state index is 2.28. The van der Waals surface area contributed by atoms with Crippen LogP contribution in [0.2, 0.25) is 0 Å². The van der Waals surface area contributed by atoms with E-state index in [-0.39, 0.29) is 0 Å². The van der Waals surface area contributed by atoms with E-state index in [0.29, 0.717) is 0 Å². The molecule has 0 bridgehead atoms. The highest BCUT2D eigenvalue weighted by Crippen LogP contribution is 2.42. The van der Waals surface area contributed by atoms with Crippen molar-refractivity contribution < 1.29 is 0 Å². The van der Waals surface area contributed by atoms with Gasteiger partial charge in [0.1, 0.15) is 0 Å². The van der Waals surface area contributed by atoms with Crippen LogP contribution in [0.4, 0.5) is 0 Å². The topological polar surface area (TPSA) is 0 Å². The lowest BCUT2D eigenvalue weighted by Crippen LogP contribution is -1.92. The number of thiophene rings is 2. The standard InChI is InChI=1S/C18H16S2/c1-9-13-5-7-19-17(13)12(4)16-10(2)14-6-8-20-18(14)11(3)15(9)16/h5-8H,1-4H3. The minimum absolute atomic E-state index is 1.43. The van der Waals surface area contributed by atoms with Crippen LogP contribution < -0.4 is 0 Å². The molecule has 2 heteroatoms. The van der Waals surface area contributed by atoms with Crippen LogP contribution in [0.5, 0.6) is 0 Å². The summed E-state index contributed by atoms with van der Waals surface area (Å²) in [5.41, 5.74) is 5.78. The smallest absolute Gasteiger partial charge is 0.0381 e. The fourth-order valence-electron chi connectivity index (χ4n) is 3.60. The molecule has 2 aromatic heterocycles. The summed E-state index contributed by atoms with van der Waals surface area (Å²) in [4.78, 5) is 0. The van der Waals surface area contributed by atoms with Crippen LogP contribution in [0.1, 0.15) is 22.3 Å². The van der Waals surface area contributed by atoms with Gasteiger partial charge in [0.2, 0.25) is 0 Å². The molecule has 4 aromatic rings. The van der Waals surface area contributed by atoms with E-state index in [1.807, 2.05) is 22.7 Å². The van der Waals surface area contributed by atoms with Gasteiger partial charge in [0, 0.05) is 9.40 Å². The van der Waals surface area contributed by atoms with Crippen LogP contribution in [0, 0.1) is 27.7 Å². The van der Waals surface area contributed by atoms with Crippen molar-refractivity contribution in [2.45, 2.75) is 27.7 Å². The molecule has 0 fully saturated rings. The van der Waals surface area contributed by atoms with Crippen molar-refractivity contribution in [2.75, 3.05) is 0 Å². The van der Waals surface area contributed by atoms with Gasteiger partial charge in [-0.3, -0.25) is 0 Å². The minimum atomic E-state index is 1.43. The highest BCUT2D eigenvalue weighted by atomic mass is 32.1. The second-order valence-corrected chi connectivity index (χ2v) is 7.41. The average molecular weight is 296 g/mol. The molecule has 2 heterocycles. The lowest BCUT2D eigenvalue weighted by atomic mass is 9.90. The molecule has 0 saturated heterocycles. The molecule has 0 saturated carbocycles. The van der Waals surface area contributed by atoms with Gasteiger partial charge >= 0.3 is 0 Å². The van der Waals surface area contributed by atoms with Gasteiger partial charge < -0.3 is 0 Å². The Bertz CT molecular complexity index is 830. The predicted molar refractivity (Wildman–Crippen MR) is 93.7 cm³/mol. The molecule has 100 valence electrons. The zero-order chi connectivity index (χ0) is 14.0. The third-order valence-electron chi connectivity index (χ3n) is 4.57. The van der Waals surface area contributed by atoms with Gasteiger partial charge in [0.05, 0.1) is 0 Å². The van der Waals surface area contributed by atoms with E-state index in [4.69, 9.17) is 0 Å². The Morgan fingerprint density at radius 1 is 0.600 bits per heavy atom. The summed E-state index contributed by atoms with van der Waals surface area (Å²) >= 11 is 3.74. The quantitative estimate of drug-likeness (QED) is 0.347. The van der Waals surface area contributed by atoms with E-state index in [0.717, 1.165) is 0 Å². The number of fused-ring (bicyclic) bond motifs is 3. The van der Waals surface area contributed by atoms with Crippen molar-refractivity contribution in [1.82, 2.24) is 0 Å². The SMILES string of the molecule is Cc1c2ccsc2c(C)c2c(C)c3ccsc3c(C)c12. The Labute approximate surface area is 126 Å². The van der Waals surface area contributed by atoms with Crippen molar-refractivity contribution in [3.8, 4) is 0 Å². The van der Waals surface area contributed by atoms with Gasteiger partial charge in [-0.05, 0) is 94.4 Å². The molecule has 0 nitrogen and oxygen atoms in total. The van der Waals surface area contributed by atoms with Crippen molar-refractivity contribution in [2.24, 2.45) is 0 Å². The van der Waals surface area contributed by atoms with Gasteiger partial charge in [-0.2, -0.15) is 0 Å². The molecule has 0 amide bonds. The van der Waals surface area contributed by atoms with Crippen LogP contribution in [0.25, 0.3) is 30.9 Å². The first-order valence-corrected chi connectivity index (χ1v) is 8.63. The van der Waals surface area contributed by atoms with Crippen molar-refractivity contribution in [3.05, 3.63) is 45.1 Å². The first-order valence-electron chi connectivity index (χ1n) is 6.87. The van der Waals surface area contributed by atoms with E-state index in [1.54, 1.807) is 0 Å². The fraction of sp³-hybridized carbons (Fsp3) is 0.222. The highest BCUT2D eigenvalue weighted by Gasteiger charge is 2.17. The summed E-state index contributed by atoms with van der Waals surface area (Å²) in [6, 6.07) is 4.55. The molecule has 0 aliphatic rings. The van der Waals surface area contributed by atoms with Gasteiger partial charge in [-0.15, -0.1) is 22.7 Å². The zero-order valence-corrected chi connectivity index (χ0v) is 13.8. The van der Waals surface area contributed by atoms with E-state index >= 15 is 0 Å². The summed E-state index contributed by atoms with van der Waals surface area (Å²) in [5.74, 6) is 0. The predicted octanol–water partition coefficient (Wildman–Crippen LogP) is 6.50. The maximum Gasteiger partial charge on any atom is 0.0381 e. The molecule has 0 unspecified atom stereocenters. The van der Waals surface area contributed by atoms with E-state index in [9.17, 15) is 0 Å². The molecule has 0 atom stereocenters. The molecule has 4 rings (SSSR count). The molecule has 0 spiro atoms. The highest BCUT2D eigenvalue weighted by molar-refractivity contribution is 7.18. The number of rotatable bonds is 0. The number of hydrogen-bond acceptors (Lipinski definition) is 2. The Hall–Kier alpha value is -1.38. The third kappa shape index (κ3) is 1.36. The van der Waals surface area contributed by atoms with E-state index in [2.05, 4.69) is 50.6 Å². The van der Waals surface area contributed by atoms with E-state index < -0.39 is 0 Å². The van der Waals surface area contributed by atoms with Gasteiger partial charge in [-0.25, -0.2) is 0 Å². The van der Waals surface area contributed by atoms with Crippen LogP contribution >= 0.6 is 22.7 Å². The minimum Gasteiger partial charge on any atom is -0.144 e. The van der Waals surface area contributed by atoms with Crippen LogP contribution in [0.3, 0.4) is 0 Å². The summed E-state index contributed by atoms with van der Waals surface area (Å²) in [6.07, 6.45) is 0. The molecular weight excluding hydrogens is 280 g/mol. The Morgan fingerprint density at radius 2 is 1.00 bits per heavy atom. The molecule has 0 aliphatic carbocycles. The molecule has 20 heavy (non-hydrogen) atoms. The van der Waals surface area contributed by atoms with Crippen molar-refractivity contribution in [1.29, 1.82) is 0 Å². The van der Waals surface area contributed by atoms with Crippen LogP contribution in [-0.2, 0) is 0 Å². The Balaban J connectivity index is 2.46. The summed E-state index contributed by atoms with van der Waals surface area (Å²) in [7, 11) is 0. The molecule has 0 aliphatic heterocycles. The molecule has 0 radical (unpaired) electrons. The fourth-order valence-corrected chi connectivity index (χ4v) is 5.53. The third-order valence-corrected chi connectivity index (χ3v) is 6.64. The van der Waals surface area contributed by atoms with Gasteiger partial charge in [0.25, 0.3) is 0 Å². The zero-order valence-electron chi connectivity index (χ0n) is 12.1. The lowest BCUT2D eigenvalue weighted by molar-refractivity contribution is 1.48. The summed E-state index contributed by atoms with van der Waals surface area (Å²) < 4.78 is 2.90. The van der Waals surface area contributed by atoms with Gasteiger partial charge in [0.15, 0.2) is 0 Å². The number of aryl methyl sites for hydroxylation is 4. The number of hydrogen-bond donors (Lipinski definition) is 0. The monoisotopic (exact) mass is 296 g/mol. The largest absolute Gasteiger partial charge is 0.144 e. The van der Waals surface area contributed by atoms with Gasteiger partial charge in [-0.1, -0.05) is 0 Å². The summed E-state index contributed by atoms with van der Waals surface area (Å²) in [6.45, 7) is 9.13. The second-order valence-electron chi connectivity index (χ2n) is 5.58. The second kappa shape index (κ2) is 4.06. The van der Waals surface area contributed by atoms with Crippen LogP contribution in [0.15, 0.2) is 22.9 Å². The summed E-state index contributed by atoms with van der Waals surface area (Å²) in [5, 5.41) is 10.2. The normalized spacial score (nSPS) is 12.0. The number of benzene rings is 2. The average Bonchev–Trinajstić information content (AvgIpc) is 3.08. The van der Waals surface area contributed by atoms with Crippen molar-refractivity contribution in [3.63, 3.8) is 0 Å². The first kappa shape index (κ1) is 12.4. The van der Waals surface area contributed by atoms with Crippen molar-refractivity contribution >= 4 is 53.6 Å². The maximum atomic E-state index is 2.28. The molecular formula is C18H16S2. The molecule has 0 N–H and O–H groups in total.